The van der Waals surface area contributed by atoms with Crippen LogP contribution in [0.2, 0.25) is 0 Å². The summed E-state index contributed by atoms with van der Waals surface area (Å²) in [7, 11) is -3.38. The van der Waals surface area contributed by atoms with E-state index in [1.165, 1.54) is 17.0 Å². The number of sulfone groups is 1. The number of amides is 2. The largest absolute Gasteiger partial charge is 0.479 e. The van der Waals surface area contributed by atoms with Crippen LogP contribution in [0.3, 0.4) is 0 Å². The highest BCUT2D eigenvalue weighted by molar-refractivity contribution is 7.90. The zero-order chi connectivity index (χ0) is 18.9. The Morgan fingerprint density at radius 3 is 2.65 bits per heavy atom. The first-order chi connectivity index (χ1) is 12.3. The fraction of sp³-hybridized carbons (Fsp3) is 0.222. The first kappa shape index (κ1) is 17.9. The van der Waals surface area contributed by atoms with Gasteiger partial charge < -0.3 is 10.1 Å². The van der Waals surface area contributed by atoms with Crippen molar-refractivity contribution in [2.75, 3.05) is 23.0 Å². The van der Waals surface area contributed by atoms with E-state index < -0.39 is 21.8 Å². The van der Waals surface area contributed by atoms with E-state index in [2.05, 4.69) is 5.32 Å². The number of carbonyl (C=O) groups excluding carboxylic acids is 2. The predicted octanol–water partition coefficient (Wildman–Crippen LogP) is 1.84. The van der Waals surface area contributed by atoms with Gasteiger partial charge in [0.05, 0.1) is 10.6 Å². The number of nitrogens with one attached hydrogen (secondary N) is 1. The number of ether oxygens (including phenoxy) is 1. The van der Waals surface area contributed by atoms with Crippen molar-refractivity contribution in [3.8, 4) is 5.75 Å². The molecule has 0 bridgehead atoms. The molecule has 2 aromatic rings. The van der Waals surface area contributed by atoms with Crippen LogP contribution in [-0.4, -0.2) is 39.1 Å². The van der Waals surface area contributed by atoms with Gasteiger partial charge in [-0.1, -0.05) is 18.2 Å². The number of carbonyl (C=O) groups is 2. The highest BCUT2D eigenvalue weighted by atomic mass is 32.2. The fourth-order valence-electron chi connectivity index (χ4n) is 2.67. The average molecular weight is 374 g/mol. The van der Waals surface area contributed by atoms with Gasteiger partial charge in [0, 0.05) is 11.9 Å². The lowest BCUT2D eigenvalue weighted by molar-refractivity contribution is -0.127. The fourth-order valence-corrected chi connectivity index (χ4v) is 3.34. The van der Waals surface area contributed by atoms with E-state index in [0.717, 1.165) is 6.26 Å². The summed E-state index contributed by atoms with van der Waals surface area (Å²) in [5, 5.41) is 2.63. The number of hydrogen-bond donors (Lipinski definition) is 1. The standard InChI is InChI=1S/C18H18N2O5S/c1-12-18(22)20(15-8-3-4-9-16(15)25-12)11-17(21)19-13-6-5-7-14(10-13)26(2,23)24/h3-10,12H,11H2,1-2H3,(H,19,21)/t12-/m1/s1. The van der Waals surface area contributed by atoms with Crippen molar-refractivity contribution in [2.45, 2.75) is 17.9 Å². The second kappa shape index (κ2) is 6.80. The number of nitrogens with zero attached hydrogens (tertiary/aromatic N) is 1. The monoisotopic (exact) mass is 374 g/mol. The SMILES string of the molecule is C[C@H]1Oc2ccccc2N(CC(=O)Nc2cccc(S(C)(=O)=O)c2)C1=O. The summed E-state index contributed by atoms with van der Waals surface area (Å²) < 4.78 is 28.8. The van der Waals surface area contributed by atoms with E-state index in [1.54, 1.807) is 43.3 Å². The lowest BCUT2D eigenvalue weighted by atomic mass is 10.2. The van der Waals surface area contributed by atoms with Gasteiger partial charge in [0.1, 0.15) is 12.3 Å². The summed E-state index contributed by atoms with van der Waals surface area (Å²) in [6, 6.07) is 12.9. The van der Waals surface area contributed by atoms with Crippen molar-refractivity contribution in [3.63, 3.8) is 0 Å². The average Bonchev–Trinajstić information content (AvgIpc) is 2.58. The van der Waals surface area contributed by atoms with Gasteiger partial charge in [-0.25, -0.2) is 8.42 Å². The molecule has 1 atom stereocenters. The van der Waals surface area contributed by atoms with Gasteiger partial charge in [-0.05, 0) is 37.3 Å². The molecule has 1 N–H and O–H groups in total. The van der Waals surface area contributed by atoms with Crippen LogP contribution in [0.15, 0.2) is 53.4 Å². The Labute approximate surface area is 151 Å². The van der Waals surface area contributed by atoms with Crippen LogP contribution in [0, 0.1) is 0 Å². The van der Waals surface area contributed by atoms with Crippen molar-refractivity contribution in [2.24, 2.45) is 0 Å². The molecule has 2 aromatic carbocycles. The second-order valence-electron chi connectivity index (χ2n) is 6.00. The lowest BCUT2D eigenvalue weighted by Crippen LogP contribution is -2.47. The van der Waals surface area contributed by atoms with Crippen LogP contribution in [-0.2, 0) is 19.4 Å². The van der Waals surface area contributed by atoms with Crippen LogP contribution in [0.25, 0.3) is 0 Å². The van der Waals surface area contributed by atoms with Crippen LogP contribution in [0.5, 0.6) is 5.75 Å². The zero-order valence-corrected chi connectivity index (χ0v) is 15.1. The first-order valence-electron chi connectivity index (χ1n) is 7.93. The van der Waals surface area contributed by atoms with E-state index in [4.69, 9.17) is 4.74 Å². The number of hydrogen-bond acceptors (Lipinski definition) is 5. The molecule has 0 spiro atoms. The Morgan fingerprint density at radius 2 is 1.92 bits per heavy atom. The maximum atomic E-state index is 12.4. The molecular formula is C18H18N2O5S. The first-order valence-corrected chi connectivity index (χ1v) is 9.82. The van der Waals surface area contributed by atoms with E-state index in [1.807, 2.05) is 0 Å². The highest BCUT2D eigenvalue weighted by Crippen LogP contribution is 2.33. The van der Waals surface area contributed by atoms with Gasteiger partial charge in [-0.3, -0.25) is 14.5 Å². The molecule has 1 heterocycles. The number of rotatable bonds is 4. The van der Waals surface area contributed by atoms with E-state index in [-0.39, 0.29) is 17.3 Å². The molecule has 0 aliphatic carbocycles. The van der Waals surface area contributed by atoms with E-state index in [9.17, 15) is 18.0 Å². The molecule has 2 amide bonds. The van der Waals surface area contributed by atoms with Gasteiger partial charge in [0.25, 0.3) is 5.91 Å². The minimum atomic E-state index is -3.38. The Bertz CT molecular complexity index is 971. The molecule has 0 saturated carbocycles. The highest BCUT2D eigenvalue weighted by Gasteiger charge is 2.32. The number of benzene rings is 2. The summed E-state index contributed by atoms with van der Waals surface area (Å²) >= 11 is 0. The molecule has 0 aromatic heterocycles. The number of para-hydroxylation sites is 2. The topological polar surface area (TPSA) is 92.8 Å². The van der Waals surface area contributed by atoms with Crippen molar-refractivity contribution < 1.29 is 22.7 Å². The molecule has 1 aliphatic rings. The van der Waals surface area contributed by atoms with Gasteiger partial charge in [-0.2, -0.15) is 0 Å². The Balaban J connectivity index is 1.79. The molecule has 0 radical (unpaired) electrons. The molecule has 26 heavy (non-hydrogen) atoms. The molecule has 1 aliphatic heterocycles. The van der Waals surface area contributed by atoms with Crippen molar-refractivity contribution >= 4 is 33.0 Å². The third-order valence-electron chi connectivity index (χ3n) is 3.92. The van der Waals surface area contributed by atoms with Crippen molar-refractivity contribution in [1.29, 1.82) is 0 Å². The quantitative estimate of drug-likeness (QED) is 0.882. The zero-order valence-electron chi connectivity index (χ0n) is 14.3. The van der Waals surface area contributed by atoms with Crippen molar-refractivity contribution in [3.05, 3.63) is 48.5 Å². The summed E-state index contributed by atoms with van der Waals surface area (Å²) in [5.41, 5.74) is 0.871. The third kappa shape index (κ3) is 3.70. The van der Waals surface area contributed by atoms with Gasteiger partial charge in [-0.15, -0.1) is 0 Å². The smallest absolute Gasteiger partial charge is 0.268 e. The maximum absolute atomic E-state index is 12.4. The lowest BCUT2D eigenvalue weighted by Gasteiger charge is -2.32. The van der Waals surface area contributed by atoms with Gasteiger partial charge in [0.2, 0.25) is 5.91 Å². The molecule has 0 saturated heterocycles. The minimum Gasteiger partial charge on any atom is -0.479 e. The Hall–Kier alpha value is -2.87. The summed E-state index contributed by atoms with van der Waals surface area (Å²) in [6.07, 6.45) is 0.407. The molecule has 136 valence electrons. The van der Waals surface area contributed by atoms with Gasteiger partial charge >= 0.3 is 0 Å². The van der Waals surface area contributed by atoms with Gasteiger partial charge in [0.15, 0.2) is 15.9 Å². The summed E-state index contributed by atoms with van der Waals surface area (Å²) in [6.45, 7) is 1.42. The van der Waals surface area contributed by atoms with Crippen LogP contribution in [0.4, 0.5) is 11.4 Å². The Kier molecular flexibility index (Phi) is 4.69. The van der Waals surface area contributed by atoms with E-state index in [0.29, 0.717) is 17.1 Å². The van der Waals surface area contributed by atoms with Crippen molar-refractivity contribution in [1.82, 2.24) is 0 Å². The number of anilines is 2. The molecule has 3 rings (SSSR count). The molecule has 0 unspecified atom stereocenters. The Morgan fingerprint density at radius 1 is 1.19 bits per heavy atom. The molecule has 8 heteroatoms. The molecule has 7 nitrogen and oxygen atoms in total. The predicted molar refractivity (Wildman–Crippen MR) is 97.1 cm³/mol. The van der Waals surface area contributed by atoms with Crippen LogP contribution < -0.4 is 15.0 Å². The third-order valence-corrected chi connectivity index (χ3v) is 5.03. The van der Waals surface area contributed by atoms with Crippen LogP contribution >= 0.6 is 0 Å². The molecule has 0 fully saturated rings. The number of fused-ring (bicyclic) bond motifs is 1. The summed E-state index contributed by atoms with van der Waals surface area (Å²) in [4.78, 5) is 26.3. The summed E-state index contributed by atoms with van der Waals surface area (Å²) in [5.74, 6) is -0.219. The van der Waals surface area contributed by atoms with Crippen LogP contribution in [0.1, 0.15) is 6.92 Å². The second-order valence-corrected chi connectivity index (χ2v) is 8.02. The minimum absolute atomic E-state index is 0.108. The maximum Gasteiger partial charge on any atom is 0.268 e. The normalized spacial score (nSPS) is 16.6. The molecular weight excluding hydrogens is 356 g/mol. The van der Waals surface area contributed by atoms with E-state index >= 15 is 0 Å².